The highest BCUT2D eigenvalue weighted by atomic mass is 32.1. The zero-order valence-electron chi connectivity index (χ0n) is 10.9. The van der Waals surface area contributed by atoms with E-state index in [-0.39, 0.29) is 18.0 Å². The van der Waals surface area contributed by atoms with E-state index in [1.165, 1.54) is 11.3 Å². The van der Waals surface area contributed by atoms with Crippen LogP contribution < -0.4 is 0 Å². The highest BCUT2D eigenvalue weighted by molar-refractivity contribution is 7.13. The predicted molar refractivity (Wildman–Crippen MR) is 70.3 cm³/mol. The van der Waals surface area contributed by atoms with Gasteiger partial charge in [-0.25, -0.2) is 4.98 Å². The molecule has 2 bridgehead atoms. The van der Waals surface area contributed by atoms with Gasteiger partial charge < -0.3 is 10.0 Å². The van der Waals surface area contributed by atoms with Gasteiger partial charge in [-0.2, -0.15) is 0 Å². The van der Waals surface area contributed by atoms with Crippen molar-refractivity contribution in [3.8, 4) is 0 Å². The number of nitrogens with zero attached hydrogens (tertiary/aromatic N) is 2. The largest absolute Gasteiger partial charge is 0.481 e. The van der Waals surface area contributed by atoms with Crippen molar-refractivity contribution in [3.63, 3.8) is 0 Å². The lowest BCUT2D eigenvalue weighted by atomic mass is 9.89. The van der Waals surface area contributed by atoms with Crippen molar-refractivity contribution in [1.29, 1.82) is 0 Å². The van der Waals surface area contributed by atoms with Crippen LogP contribution in [-0.4, -0.2) is 39.0 Å². The Labute approximate surface area is 115 Å². The third kappa shape index (κ3) is 1.85. The number of aromatic nitrogens is 1. The first-order valence-corrected chi connectivity index (χ1v) is 7.30. The van der Waals surface area contributed by atoms with Crippen molar-refractivity contribution in [2.75, 3.05) is 0 Å². The number of fused-ring (bicyclic) bond motifs is 2. The third-order valence-corrected chi connectivity index (χ3v) is 5.25. The van der Waals surface area contributed by atoms with Crippen molar-refractivity contribution in [3.05, 3.63) is 15.6 Å². The zero-order valence-corrected chi connectivity index (χ0v) is 11.7. The van der Waals surface area contributed by atoms with Crippen molar-refractivity contribution < 1.29 is 14.7 Å². The van der Waals surface area contributed by atoms with Gasteiger partial charge in [0.15, 0.2) is 0 Å². The van der Waals surface area contributed by atoms with E-state index in [9.17, 15) is 14.7 Å². The summed E-state index contributed by atoms with van der Waals surface area (Å²) < 4.78 is 0. The molecule has 2 aliphatic heterocycles. The molecule has 0 spiro atoms. The summed E-state index contributed by atoms with van der Waals surface area (Å²) in [4.78, 5) is 30.6. The number of carboxylic acid groups (broad SMARTS) is 1. The van der Waals surface area contributed by atoms with Crippen LogP contribution in [0, 0.1) is 19.8 Å². The fourth-order valence-corrected chi connectivity index (χ4v) is 4.28. The van der Waals surface area contributed by atoms with Crippen LogP contribution >= 0.6 is 11.3 Å². The Bertz CT molecular complexity index is 554. The van der Waals surface area contributed by atoms with Crippen LogP contribution in [0.3, 0.4) is 0 Å². The number of hydrogen-bond donors (Lipinski definition) is 1. The molecule has 1 N–H and O–H groups in total. The van der Waals surface area contributed by atoms with Crippen LogP contribution in [0.15, 0.2) is 0 Å². The summed E-state index contributed by atoms with van der Waals surface area (Å²) in [6.07, 6.45) is 2.34. The van der Waals surface area contributed by atoms with E-state index in [0.29, 0.717) is 11.3 Å². The Morgan fingerprint density at radius 3 is 2.63 bits per heavy atom. The number of aryl methyl sites for hydroxylation is 2. The van der Waals surface area contributed by atoms with Gasteiger partial charge in [-0.3, -0.25) is 9.59 Å². The number of carbonyl (C=O) groups is 2. The number of carboxylic acids is 1. The first-order valence-electron chi connectivity index (χ1n) is 6.48. The molecule has 0 radical (unpaired) electrons. The molecule has 1 aromatic rings. The van der Waals surface area contributed by atoms with Crippen LogP contribution in [-0.2, 0) is 4.79 Å². The number of carbonyl (C=O) groups excluding carboxylic acids is 1. The van der Waals surface area contributed by atoms with Crippen molar-refractivity contribution in [1.82, 2.24) is 9.88 Å². The van der Waals surface area contributed by atoms with Crippen LogP contribution in [0.2, 0.25) is 0 Å². The molecule has 3 rings (SSSR count). The Kier molecular flexibility index (Phi) is 2.85. The second-order valence-electron chi connectivity index (χ2n) is 5.34. The Balaban J connectivity index is 1.89. The molecule has 0 aliphatic carbocycles. The number of rotatable bonds is 2. The van der Waals surface area contributed by atoms with E-state index in [0.717, 1.165) is 23.5 Å². The van der Waals surface area contributed by atoms with E-state index >= 15 is 0 Å². The molecule has 3 unspecified atom stereocenters. The third-order valence-electron chi connectivity index (χ3n) is 4.19. The van der Waals surface area contributed by atoms with Gasteiger partial charge in [0.05, 0.1) is 16.6 Å². The fraction of sp³-hybridized carbons (Fsp3) is 0.615. The SMILES string of the molecule is Cc1nc(C)c(C(=O)N2C3CCC2C(C(=O)O)C3)s1. The van der Waals surface area contributed by atoms with Gasteiger partial charge in [0, 0.05) is 12.1 Å². The van der Waals surface area contributed by atoms with E-state index in [1.807, 2.05) is 13.8 Å². The highest BCUT2D eigenvalue weighted by Crippen LogP contribution is 2.43. The molecular weight excluding hydrogens is 264 g/mol. The van der Waals surface area contributed by atoms with Gasteiger partial charge in [0.1, 0.15) is 4.88 Å². The highest BCUT2D eigenvalue weighted by Gasteiger charge is 2.51. The minimum Gasteiger partial charge on any atom is -0.481 e. The normalized spacial score (nSPS) is 28.9. The summed E-state index contributed by atoms with van der Waals surface area (Å²) >= 11 is 1.40. The van der Waals surface area contributed by atoms with Gasteiger partial charge >= 0.3 is 5.97 Å². The maximum absolute atomic E-state index is 12.6. The molecule has 3 heterocycles. The molecule has 2 fully saturated rings. The quantitative estimate of drug-likeness (QED) is 0.897. The number of thiazole rings is 1. The Morgan fingerprint density at radius 2 is 2.11 bits per heavy atom. The molecule has 102 valence electrons. The summed E-state index contributed by atoms with van der Waals surface area (Å²) in [7, 11) is 0. The van der Waals surface area contributed by atoms with E-state index in [1.54, 1.807) is 4.90 Å². The molecule has 1 aromatic heterocycles. The van der Waals surface area contributed by atoms with E-state index in [2.05, 4.69) is 4.98 Å². The standard InChI is InChI=1S/C13H16N2O3S/c1-6-11(19-7(2)14-6)12(16)15-8-3-4-10(15)9(5-8)13(17)18/h8-10H,3-5H2,1-2H3,(H,17,18). The molecule has 0 aromatic carbocycles. The molecule has 5 nitrogen and oxygen atoms in total. The Hall–Kier alpha value is -1.43. The second-order valence-corrected chi connectivity index (χ2v) is 6.54. The molecule has 1 amide bonds. The summed E-state index contributed by atoms with van der Waals surface area (Å²) in [5, 5.41) is 10.1. The van der Waals surface area contributed by atoms with E-state index in [4.69, 9.17) is 0 Å². The van der Waals surface area contributed by atoms with Crippen LogP contribution in [0.1, 0.15) is 39.6 Å². The minimum atomic E-state index is -0.776. The van der Waals surface area contributed by atoms with Crippen LogP contribution in [0.25, 0.3) is 0 Å². The fourth-order valence-electron chi connectivity index (χ4n) is 3.42. The summed E-state index contributed by atoms with van der Waals surface area (Å²) in [5.41, 5.74) is 0.755. The van der Waals surface area contributed by atoms with Gasteiger partial charge in [0.25, 0.3) is 5.91 Å². The molecule has 19 heavy (non-hydrogen) atoms. The average molecular weight is 280 g/mol. The predicted octanol–water partition coefficient (Wildman–Crippen LogP) is 1.84. The number of aliphatic carboxylic acids is 1. The number of hydrogen-bond acceptors (Lipinski definition) is 4. The molecule has 0 saturated carbocycles. The first kappa shape index (κ1) is 12.6. The smallest absolute Gasteiger partial charge is 0.308 e. The topological polar surface area (TPSA) is 70.5 Å². The molecular formula is C13H16N2O3S. The zero-order chi connectivity index (χ0) is 13.7. The minimum absolute atomic E-state index is 0.0284. The van der Waals surface area contributed by atoms with Gasteiger partial charge in [-0.15, -0.1) is 11.3 Å². The maximum Gasteiger partial charge on any atom is 0.308 e. The summed E-state index contributed by atoms with van der Waals surface area (Å²) in [6, 6.07) is -0.0304. The lowest BCUT2D eigenvalue weighted by Crippen LogP contribution is -2.37. The average Bonchev–Trinajstić information content (AvgIpc) is 3.00. The molecule has 2 aliphatic rings. The van der Waals surface area contributed by atoms with Crippen LogP contribution in [0.5, 0.6) is 0 Å². The number of amides is 1. The second kappa shape index (κ2) is 4.30. The first-order chi connectivity index (χ1) is 8.99. The monoisotopic (exact) mass is 280 g/mol. The molecule has 2 saturated heterocycles. The van der Waals surface area contributed by atoms with Crippen molar-refractivity contribution in [2.45, 2.75) is 45.2 Å². The van der Waals surface area contributed by atoms with E-state index < -0.39 is 11.9 Å². The lowest BCUT2D eigenvalue weighted by Gasteiger charge is -2.22. The van der Waals surface area contributed by atoms with Gasteiger partial charge in [-0.1, -0.05) is 0 Å². The van der Waals surface area contributed by atoms with Gasteiger partial charge in [0.2, 0.25) is 0 Å². The molecule has 6 heteroatoms. The lowest BCUT2D eigenvalue weighted by molar-refractivity contribution is -0.142. The summed E-state index contributed by atoms with van der Waals surface area (Å²) in [6.45, 7) is 3.72. The van der Waals surface area contributed by atoms with Crippen molar-refractivity contribution in [2.24, 2.45) is 5.92 Å². The summed E-state index contributed by atoms with van der Waals surface area (Å²) in [5.74, 6) is -1.20. The van der Waals surface area contributed by atoms with Gasteiger partial charge in [-0.05, 0) is 33.1 Å². The van der Waals surface area contributed by atoms with Crippen molar-refractivity contribution >= 4 is 23.2 Å². The Morgan fingerprint density at radius 1 is 1.37 bits per heavy atom. The van der Waals surface area contributed by atoms with Crippen LogP contribution in [0.4, 0.5) is 0 Å². The molecule has 3 atom stereocenters. The maximum atomic E-state index is 12.6.